The average molecular weight is 370 g/mol. The fourth-order valence-electron chi connectivity index (χ4n) is 3.92. The summed E-state index contributed by atoms with van der Waals surface area (Å²) < 4.78 is 0. The Labute approximate surface area is 156 Å². The Balaban J connectivity index is 1.49. The molecule has 0 bridgehead atoms. The van der Waals surface area contributed by atoms with E-state index in [4.69, 9.17) is 0 Å². The molecule has 3 N–H and O–H groups in total. The van der Waals surface area contributed by atoms with Crippen molar-refractivity contribution in [3.05, 3.63) is 34.9 Å². The highest BCUT2D eigenvalue weighted by Crippen LogP contribution is 2.28. The van der Waals surface area contributed by atoms with Gasteiger partial charge in [0.15, 0.2) is 0 Å². The van der Waals surface area contributed by atoms with E-state index in [0.29, 0.717) is 23.7 Å². The lowest BCUT2D eigenvalue weighted by Gasteiger charge is -2.27. The summed E-state index contributed by atoms with van der Waals surface area (Å²) in [5.41, 5.74) is 1.56. The number of rotatable bonds is 4. The number of hydrogen-bond donors (Lipinski definition) is 3. The van der Waals surface area contributed by atoms with Crippen molar-refractivity contribution < 1.29 is 19.2 Å². The molecule has 8 heteroatoms. The maximum absolute atomic E-state index is 12.8. The van der Waals surface area contributed by atoms with Crippen LogP contribution in [0, 0.1) is 0 Å². The van der Waals surface area contributed by atoms with Crippen LogP contribution in [0.1, 0.15) is 52.0 Å². The second-order valence-electron chi connectivity index (χ2n) is 7.25. The Bertz CT molecular complexity index is 816. The lowest BCUT2D eigenvalue weighted by atomic mass is 10.0. The molecule has 2 saturated heterocycles. The van der Waals surface area contributed by atoms with Crippen molar-refractivity contribution in [2.45, 2.75) is 44.3 Å². The number of nitrogens with one attached hydrogen (secondary N) is 3. The summed E-state index contributed by atoms with van der Waals surface area (Å²) in [6.07, 6.45) is 2.53. The van der Waals surface area contributed by atoms with Crippen LogP contribution in [0.25, 0.3) is 0 Å². The summed E-state index contributed by atoms with van der Waals surface area (Å²) in [4.78, 5) is 49.9. The van der Waals surface area contributed by atoms with E-state index in [1.54, 1.807) is 12.1 Å². The summed E-state index contributed by atoms with van der Waals surface area (Å²) in [6.45, 7) is 2.58. The van der Waals surface area contributed by atoms with Crippen LogP contribution >= 0.6 is 0 Å². The van der Waals surface area contributed by atoms with Gasteiger partial charge in [0.25, 0.3) is 11.8 Å². The van der Waals surface area contributed by atoms with Gasteiger partial charge in [0.05, 0.1) is 11.1 Å². The third-order valence-electron chi connectivity index (χ3n) is 5.40. The Morgan fingerprint density at radius 1 is 1.07 bits per heavy atom. The van der Waals surface area contributed by atoms with Gasteiger partial charge in [0.1, 0.15) is 6.04 Å². The Morgan fingerprint density at radius 3 is 2.63 bits per heavy atom. The highest BCUT2D eigenvalue weighted by Gasteiger charge is 2.44. The van der Waals surface area contributed by atoms with Crippen molar-refractivity contribution in [3.63, 3.8) is 0 Å². The average Bonchev–Trinajstić information content (AvgIpc) is 2.92. The molecule has 1 unspecified atom stereocenters. The Kier molecular flexibility index (Phi) is 4.75. The number of nitrogens with zero attached hydrogens (tertiary/aromatic N) is 1. The highest BCUT2D eigenvalue weighted by molar-refractivity contribution is 6.23. The number of imide groups is 2. The van der Waals surface area contributed by atoms with Gasteiger partial charge in [-0.15, -0.1) is 0 Å². The van der Waals surface area contributed by atoms with Crippen LogP contribution in [0.5, 0.6) is 0 Å². The minimum absolute atomic E-state index is 0.119. The number of carbonyl (C=O) groups excluding carboxylic acids is 4. The van der Waals surface area contributed by atoms with E-state index in [0.717, 1.165) is 36.4 Å². The maximum atomic E-state index is 12.8. The summed E-state index contributed by atoms with van der Waals surface area (Å²) in [5.74, 6) is -1.91. The number of carbonyl (C=O) groups is 4. The molecule has 0 aromatic heterocycles. The van der Waals surface area contributed by atoms with E-state index in [1.165, 1.54) is 0 Å². The second-order valence-corrected chi connectivity index (χ2v) is 7.25. The monoisotopic (exact) mass is 370 g/mol. The zero-order chi connectivity index (χ0) is 19.0. The van der Waals surface area contributed by atoms with E-state index in [1.807, 2.05) is 6.07 Å². The predicted molar refractivity (Wildman–Crippen MR) is 95.8 cm³/mol. The zero-order valence-electron chi connectivity index (χ0n) is 14.9. The Hall–Kier alpha value is -2.58. The van der Waals surface area contributed by atoms with Gasteiger partial charge in [-0.3, -0.25) is 29.4 Å². The molecular weight excluding hydrogens is 348 g/mol. The summed E-state index contributed by atoms with van der Waals surface area (Å²) in [5, 5.41) is 9.02. The van der Waals surface area contributed by atoms with Crippen LogP contribution in [0.4, 0.5) is 0 Å². The number of fused-ring (bicyclic) bond motifs is 1. The van der Waals surface area contributed by atoms with Crippen LogP contribution in [-0.4, -0.2) is 53.7 Å². The third-order valence-corrected chi connectivity index (χ3v) is 5.40. The van der Waals surface area contributed by atoms with Gasteiger partial charge >= 0.3 is 0 Å². The number of piperidine rings is 2. The molecule has 3 aliphatic rings. The SMILES string of the molecule is O=C1CCC(N2C(=O)c3ccc(CN[C@H]4CCCNC4)cc3C2=O)C(=O)N1. The standard InChI is InChI=1S/C19H22N4O4/c24-16-6-5-15(17(25)22-16)23-18(26)13-4-3-11(8-14(13)19(23)27)9-21-12-2-1-7-20-10-12/h3-4,8,12,15,20-21H,1-2,5-7,9-10H2,(H,22,24,25)/t12-,15?/m0/s1. The first kappa shape index (κ1) is 17.8. The van der Waals surface area contributed by atoms with E-state index in [2.05, 4.69) is 16.0 Å². The fraction of sp³-hybridized carbons (Fsp3) is 0.474. The van der Waals surface area contributed by atoms with Gasteiger partial charge in [-0.05, 0) is 43.5 Å². The van der Waals surface area contributed by atoms with Gasteiger partial charge in [-0.2, -0.15) is 0 Å². The minimum atomic E-state index is -0.926. The highest BCUT2D eigenvalue weighted by atomic mass is 16.2. The molecular formula is C19H22N4O4. The number of hydrogen-bond acceptors (Lipinski definition) is 6. The Morgan fingerprint density at radius 2 is 1.89 bits per heavy atom. The largest absolute Gasteiger partial charge is 0.315 e. The molecule has 4 amide bonds. The van der Waals surface area contributed by atoms with Crippen LogP contribution in [-0.2, 0) is 16.1 Å². The van der Waals surface area contributed by atoms with Crippen LogP contribution in [0.2, 0.25) is 0 Å². The van der Waals surface area contributed by atoms with Crippen molar-refractivity contribution in [3.8, 4) is 0 Å². The van der Waals surface area contributed by atoms with Crippen molar-refractivity contribution >= 4 is 23.6 Å². The maximum Gasteiger partial charge on any atom is 0.262 e. The van der Waals surface area contributed by atoms with Gasteiger partial charge in [0, 0.05) is 25.6 Å². The molecule has 3 aliphatic heterocycles. The van der Waals surface area contributed by atoms with E-state index in [9.17, 15) is 19.2 Å². The normalized spacial score (nSPS) is 25.6. The van der Waals surface area contributed by atoms with Crippen molar-refractivity contribution in [1.82, 2.24) is 20.9 Å². The van der Waals surface area contributed by atoms with Crippen LogP contribution in [0.15, 0.2) is 18.2 Å². The van der Waals surface area contributed by atoms with Gasteiger partial charge in [0.2, 0.25) is 11.8 Å². The molecule has 142 valence electrons. The molecule has 1 aromatic carbocycles. The fourth-order valence-corrected chi connectivity index (χ4v) is 3.92. The topological polar surface area (TPSA) is 108 Å². The molecule has 3 heterocycles. The molecule has 2 fully saturated rings. The molecule has 2 atom stereocenters. The lowest BCUT2D eigenvalue weighted by molar-refractivity contribution is -0.136. The van der Waals surface area contributed by atoms with Gasteiger partial charge in [-0.25, -0.2) is 0 Å². The summed E-state index contributed by atoms with van der Waals surface area (Å²) in [6, 6.07) is 4.68. The molecule has 8 nitrogen and oxygen atoms in total. The first-order valence-electron chi connectivity index (χ1n) is 9.33. The predicted octanol–water partition coefficient (Wildman–Crippen LogP) is -0.0706. The van der Waals surface area contributed by atoms with E-state index >= 15 is 0 Å². The second kappa shape index (κ2) is 7.21. The van der Waals surface area contributed by atoms with E-state index < -0.39 is 23.8 Å². The molecule has 4 rings (SSSR count). The van der Waals surface area contributed by atoms with Crippen molar-refractivity contribution in [1.29, 1.82) is 0 Å². The van der Waals surface area contributed by atoms with Gasteiger partial charge < -0.3 is 10.6 Å². The molecule has 0 spiro atoms. The van der Waals surface area contributed by atoms with Crippen LogP contribution in [0.3, 0.4) is 0 Å². The molecule has 1 aromatic rings. The van der Waals surface area contributed by atoms with Crippen molar-refractivity contribution in [2.75, 3.05) is 13.1 Å². The van der Waals surface area contributed by atoms with E-state index in [-0.39, 0.29) is 18.7 Å². The first-order chi connectivity index (χ1) is 13.0. The molecule has 0 saturated carbocycles. The summed E-state index contributed by atoms with van der Waals surface area (Å²) >= 11 is 0. The first-order valence-corrected chi connectivity index (χ1v) is 9.33. The lowest BCUT2D eigenvalue weighted by Crippen LogP contribution is -2.54. The quantitative estimate of drug-likeness (QED) is 0.641. The smallest absolute Gasteiger partial charge is 0.262 e. The minimum Gasteiger partial charge on any atom is -0.315 e. The molecule has 0 aliphatic carbocycles. The molecule has 0 radical (unpaired) electrons. The van der Waals surface area contributed by atoms with Gasteiger partial charge in [-0.1, -0.05) is 6.07 Å². The third kappa shape index (κ3) is 3.38. The number of benzene rings is 1. The number of amides is 4. The zero-order valence-corrected chi connectivity index (χ0v) is 14.9. The van der Waals surface area contributed by atoms with Crippen LogP contribution < -0.4 is 16.0 Å². The molecule has 27 heavy (non-hydrogen) atoms. The van der Waals surface area contributed by atoms with Crippen molar-refractivity contribution in [2.24, 2.45) is 0 Å². The summed E-state index contributed by atoms with van der Waals surface area (Å²) in [7, 11) is 0.